The third-order valence-electron chi connectivity index (χ3n) is 4.11. The molecule has 0 fully saturated rings. The molecule has 29 heavy (non-hydrogen) atoms. The topological polar surface area (TPSA) is 69.7 Å². The quantitative estimate of drug-likeness (QED) is 0.554. The number of alkyl halides is 4. The Morgan fingerprint density at radius 3 is 2.66 bits per heavy atom. The lowest BCUT2D eigenvalue weighted by molar-refractivity contribution is -0.207. The van der Waals surface area contributed by atoms with E-state index in [-0.39, 0.29) is 13.2 Å². The van der Waals surface area contributed by atoms with Crippen molar-refractivity contribution in [1.29, 1.82) is 0 Å². The maximum atomic E-state index is 12.5. The molecule has 0 aliphatic carbocycles. The van der Waals surface area contributed by atoms with E-state index in [4.69, 9.17) is 9.47 Å². The van der Waals surface area contributed by atoms with Gasteiger partial charge in [0.1, 0.15) is 31.4 Å². The number of hydrogen-bond acceptors (Lipinski definition) is 6. The number of carbonyl (C=O) groups excluding carboxylic acids is 1. The van der Waals surface area contributed by atoms with Crippen LogP contribution in [0.15, 0.2) is 36.5 Å². The van der Waals surface area contributed by atoms with Crippen molar-refractivity contribution in [2.75, 3.05) is 19.8 Å². The average molecular weight is 414 g/mol. The summed E-state index contributed by atoms with van der Waals surface area (Å²) >= 11 is 0. The van der Waals surface area contributed by atoms with E-state index >= 15 is 0 Å². The van der Waals surface area contributed by atoms with Crippen LogP contribution in [0.2, 0.25) is 0 Å². The summed E-state index contributed by atoms with van der Waals surface area (Å²) in [6, 6.07) is 8.23. The summed E-state index contributed by atoms with van der Waals surface area (Å²) in [5.74, 6) is -1.44. The van der Waals surface area contributed by atoms with Crippen molar-refractivity contribution in [3.8, 4) is 11.5 Å². The zero-order valence-corrected chi connectivity index (χ0v) is 15.2. The van der Waals surface area contributed by atoms with Crippen LogP contribution in [-0.2, 0) is 22.6 Å². The Kier molecular flexibility index (Phi) is 6.53. The van der Waals surface area contributed by atoms with Gasteiger partial charge in [0.05, 0.1) is 11.9 Å². The predicted molar refractivity (Wildman–Crippen MR) is 93.1 cm³/mol. The summed E-state index contributed by atoms with van der Waals surface area (Å²) in [5, 5.41) is 2.75. The van der Waals surface area contributed by atoms with E-state index in [1.165, 1.54) is 12.3 Å². The van der Waals surface area contributed by atoms with Crippen molar-refractivity contribution in [1.82, 2.24) is 10.3 Å². The van der Waals surface area contributed by atoms with Gasteiger partial charge in [-0.1, -0.05) is 6.07 Å². The molecule has 1 aromatic heterocycles. The van der Waals surface area contributed by atoms with Crippen LogP contribution in [0.3, 0.4) is 0 Å². The van der Waals surface area contributed by atoms with E-state index in [2.05, 4.69) is 15.0 Å². The Hall–Kier alpha value is -2.88. The summed E-state index contributed by atoms with van der Waals surface area (Å²) in [6.07, 6.45) is -4.25. The van der Waals surface area contributed by atoms with E-state index in [1.54, 1.807) is 24.3 Å². The van der Waals surface area contributed by atoms with Crippen molar-refractivity contribution in [3.63, 3.8) is 0 Å². The lowest BCUT2D eigenvalue weighted by Crippen LogP contribution is -2.36. The Balaban J connectivity index is 1.66. The highest BCUT2D eigenvalue weighted by molar-refractivity contribution is 5.76. The third kappa shape index (κ3) is 5.57. The van der Waals surface area contributed by atoms with Gasteiger partial charge >= 0.3 is 12.1 Å². The Morgan fingerprint density at radius 1 is 1.17 bits per heavy atom. The summed E-state index contributed by atoms with van der Waals surface area (Å²) in [5.41, 5.74) is 1.76. The highest BCUT2D eigenvalue weighted by Gasteiger charge is 2.43. The van der Waals surface area contributed by atoms with E-state index in [0.717, 1.165) is 5.56 Å². The number of nitrogens with one attached hydrogen (secondary N) is 1. The van der Waals surface area contributed by atoms with Gasteiger partial charge in [0.25, 0.3) is 0 Å². The first-order valence-corrected chi connectivity index (χ1v) is 8.77. The molecule has 6 nitrogen and oxygen atoms in total. The molecule has 1 aromatic carbocycles. The molecule has 156 valence electrons. The number of fused-ring (bicyclic) bond motifs is 1. The second-order valence-electron chi connectivity index (χ2n) is 6.16. The Labute approximate surface area is 163 Å². The fourth-order valence-electron chi connectivity index (χ4n) is 2.76. The van der Waals surface area contributed by atoms with Crippen molar-refractivity contribution in [2.45, 2.75) is 25.4 Å². The van der Waals surface area contributed by atoms with Gasteiger partial charge in [-0.25, -0.2) is 9.18 Å². The van der Waals surface area contributed by atoms with Crippen LogP contribution in [-0.4, -0.2) is 37.0 Å². The number of benzene rings is 1. The summed E-state index contributed by atoms with van der Waals surface area (Å²) < 4.78 is 64.9. The summed E-state index contributed by atoms with van der Waals surface area (Å²) in [7, 11) is 0. The number of ether oxygens (including phenoxy) is 3. The number of esters is 1. The minimum atomic E-state index is -5.07. The minimum absolute atomic E-state index is 0.0548. The maximum Gasteiger partial charge on any atom is 0.490 e. The zero-order valence-electron chi connectivity index (χ0n) is 15.2. The number of aromatic nitrogens is 1. The predicted octanol–water partition coefficient (Wildman–Crippen LogP) is 3.26. The fraction of sp³-hybridized carbons (Fsp3) is 0.368. The van der Waals surface area contributed by atoms with Crippen molar-refractivity contribution >= 4 is 5.97 Å². The first-order valence-electron chi connectivity index (χ1n) is 8.77. The number of halogens is 4. The lowest BCUT2D eigenvalue weighted by atomic mass is 9.99. The minimum Gasteiger partial charge on any atom is -0.489 e. The van der Waals surface area contributed by atoms with Crippen LogP contribution < -0.4 is 14.8 Å². The molecule has 1 aliphatic heterocycles. The van der Waals surface area contributed by atoms with Crippen LogP contribution in [0, 0.1) is 0 Å². The molecule has 0 saturated carbocycles. The summed E-state index contributed by atoms with van der Waals surface area (Å²) in [4.78, 5) is 15.3. The highest BCUT2D eigenvalue weighted by Crippen LogP contribution is 2.30. The van der Waals surface area contributed by atoms with Crippen LogP contribution >= 0.6 is 0 Å². The first kappa shape index (κ1) is 20.8. The fourth-order valence-corrected chi connectivity index (χ4v) is 2.76. The van der Waals surface area contributed by atoms with Crippen LogP contribution in [0.1, 0.15) is 23.0 Å². The van der Waals surface area contributed by atoms with Gasteiger partial charge in [0.2, 0.25) is 0 Å². The number of rotatable bonds is 7. The molecule has 0 bridgehead atoms. The molecule has 1 aliphatic rings. The molecule has 0 amide bonds. The monoisotopic (exact) mass is 414 g/mol. The molecule has 2 aromatic rings. The first-order chi connectivity index (χ1) is 13.9. The largest absolute Gasteiger partial charge is 0.490 e. The average Bonchev–Trinajstić information content (AvgIpc) is 2.71. The lowest BCUT2D eigenvalue weighted by Gasteiger charge is -2.27. The molecule has 0 radical (unpaired) electrons. The second kappa shape index (κ2) is 9.08. The van der Waals surface area contributed by atoms with Gasteiger partial charge < -0.3 is 14.2 Å². The van der Waals surface area contributed by atoms with Gasteiger partial charge in [0.15, 0.2) is 6.23 Å². The normalized spacial score (nSPS) is 16.1. The van der Waals surface area contributed by atoms with Gasteiger partial charge in [-0.05, 0) is 36.2 Å². The molecule has 0 saturated heterocycles. The van der Waals surface area contributed by atoms with Gasteiger partial charge in [-0.2, -0.15) is 13.2 Å². The maximum absolute atomic E-state index is 12.5. The molecule has 3 rings (SSSR count). The van der Waals surface area contributed by atoms with E-state index < -0.39 is 25.0 Å². The number of pyridine rings is 1. The second-order valence-corrected chi connectivity index (χ2v) is 6.16. The molecule has 0 spiro atoms. The molecule has 1 atom stereocenters. The van der Waals surface area contributed by atoms with Crippen LogP contribution in [0.5, 0.6) is 11.5 Å². The molecular weight excluding hydrogens is 396 g/mol. The van der Waals surface area contributed by atoms with E-state index in [9.17, 15) is 22.4 Å². The van der Waals surface area contributed by atoms with Crippen LogP contribution in [0.4, 0.5) is 17.6 Å². The van der Waals surface area contributed by atoms with Crippen molar-refractivity contribution in [2.24, 2.45) is 0 Å². The number of nitrogens with zero attached hydrogens (tertiary/aromatic N) is 1. The van der Waals surface area contributed by atoms with Gasteiger partial charge in [0, 0.05) is 12.1 Å². The van der Waals surface area contributed by atoms with Gasteiger partial charge in [-0.3, -0.25) is 10.3 Å². The summed E-state index contributed by atoms with van der Waals surface area (Å²) in [6.45, 7) is -0.176. The Bertz CT molecular complexity index is 843. The molecule has 1 unspecified atom stereocenters. The van der Waals surface area contributed by atoms with Crippen molar-refractivity contribution < 1.29 is 36.6 Å². The number of hydrogen-bond donors (Lipinski definition) is 1. The molecule has 1 N–H and O–H groups in total. The SMILES string of the molecule is O=C(OC1NCCc2ccc(OCc3ccc(OCCF)cn3)cc21)C(F)(F)F. The van der Waals surface area contributed by atoms with Crippen LogP contribution in [0.25, 0.3) is 0 Å². The molecule has 2 heterocycles. The smallest absolute Gasteiger partial charge is 0.489 e. The van der Waals surface area contributed by atoms with Gasteiger partial charge in [-0.15, -0.1) is 0 Å². The van der Waals surface area contributed by atoms with E-state index in [0.29, 0.717) is 35.7 Å². The third-order valence-corrected chi connectivity index (χ3v) is 4.11. The highest BCUT2D eigenvalue weighted by atomic mass is 19.4. The zero-order chi connectivity index (χ0) is 20.9. The molecule has 10 heteroatoms. The standard InChI is InChI=1S/C19H18F4N2O4/c20-6-8-27-15-4-2-13(25-10-15)11-28-14-3-1-12-5-7-24-17(16(12)9-14)29-18(26)19(21,22)23/h1-4,9-10,17,24H,5-8,11H2. The van der Waals surface area contributed by atoms with E-state index in [1.807, 2.05) is 0 Å². The van der Waals surface area contributed by atoms with Crippen molar-refractivity contribution in [3.05, 3.63) is 53.3 Å². The molecular formula is C19H18F4N2O4. The Morgan fingerprint density at radius 2 is 1.97 bits per heavy atom. The number of carbonyl (C=O) groups is 1.